The minimum Gasteiger partial charge on any atom is -0.376 e. The number of anilines is 1. The number of hydrogen-bond donors (Lipinski definition) is 1. The highest BCUT2D eigenvalue weighted by Gasteiger charge is 2.28. The highest BCUT2D eigenvalue weighted by Crippen LogP contribution is 2.25. The van der Waals surface area contributed by atoms with E-state index in [4.69, 9.17) is 0 Å². The summed E-state index contributed by atoms with van der Waals surface area (Å²) in [6.07, 6.45) is 0.655. The van der Waals surface area contributed by atoms with Crippen LogP contribution in [0.3, 0.4) is 0 Å². The summed E-state index contributed by atoms with van der Waals surface area (Å²) in [6, 6.07) is 0.0695. The van der Waals surface area contributed by atoms with Crippen LogP contribution in [0.15, 0.2) is 0 Å². The van der Waals surface area contributed by atoms with Crippen molar-refractivity contribution in [2.45, 2.75) is 32.4 Å². The van der Waals surface area contributed by atoms with Crippen molar-refractivity contribution in [2.24, 2.45) is 0 Å². The molecule has 1 aliphatic heterocycles. The Hall–Kier alpha value is -1.37. The summed E-state index contributed by atoms with van der Waals surface area (Å²) in [4.78, 5) is 4.63. The molecule has 0 bridgehead atoms. The Labute approximate surface area is 108 Å². The number of pyridine rings is 1. The predicted octanol–water partition coefficient (Wildman–Crippen LogP) is 2.53. The zero-order chi connectivity index (χ0) is 14.2. The van der Waals surface area contributed by atoms with E-state index in [-0.39, 0.29) is 6.04 Å². The summed E-state index contributed by atoms with van der Waals surface area (Å²) in [6.45, 7) is 5.36. The minimum absolute atomic E-state index is 0.243. The van der Waals surface area contributed by atoms with E-state index in [1.807, 2.05) is 13.8 Å². The number of aromatic nitrogens is 1. The van der Waals surface area contributed by atoms with E-state index >= 15 is 0 Å². The average molecular weight is 277 g/mol. The molecule has 106 valence electrons. The molecule has 1 saturated heterocycles. The fourth-order valence-corrected chi connectivity index (χ4v) is 2.19. The Kier molecular flexibility index (Phi) is 3.93. The Morgan fingerprint density at radius 1 is 1.16 bits per heavy atom. The van der Waals surface area contributed by atoms with Crippen LogP contribution in [-0.2, 0) is 0 Å². The van der Waals surface area contributed by atoms with E-state index in [9.17, 15) is 17.6 Å². The number of nitrogens with zero attached hydrogens (tertiary/aromatic N) is 2. The van der Waals surface area contributed by atoms with Gasteiger partial charge >= 0.3 is 0 Å². The van der Waals surface area contributed by atoms with Crippen molar-refractivity contribution < 1.29 is 17.6 Å². The second-order valence-corrected chi connectivity index (χ2v) is 4.92. The second kappa shape index (κ2) is 5.32. The summed E-state index contributed by atoms with van der Waals surface area (Å²) >= 11 is 0. The van der Waals surface area contributed by atoms with E-state index in [0.717, 1.165) is 6.54 Å². The van der Waals surface area contributed by atoms with Crippen molar-refractivity contribution >= 4 is 5.69 Å². The lowest BCUT2D eigenvalue weighted by atomic mass is 10.2. The van der Waals surface area contributed by atoms with E-state index in [1.54, 1.807) is 0 Å². The molecule has 0 aromatic carbocycles. The maximum absolute atomic E-state index is 13.4. The van der Waals surface area contributed by atoms with Crippen LogP contribution >= 0.6 is 0 Å². The monoisotopic (exact) mass is 277 g/mol. The number of likely N-dealkylation sites (tertiary alicyclic amines) is 1. The van der Waals surface area contributed by atoms with Crippen LogP contribution < -0.4 is 5.32 Å². The Morgan fingerprint density at radius 2 is 1.74 bits per heavy atom. The highest BCUT2D eigenvalue weighted by atomic mass is 19.2. The summed E-state index contributed by atoms with van der Waals surface area (Å²) in [5.74, 6) is -6.25. The van der Waals surface area contributed by atoms with Crippen LogP contribution in [0.25, 0.3) is 0 Å². The quantitative estimate of drug-likeness (QED) is 0.680. The van der Waals surface area contributed by atoms with Crippen LogP contribution in [0.5, 0.6) is 0 Å². The third kappa shape index (κ3) is 2.80. The number of nitrogens with one attached hydrogen (secondary N) is 1. The van der Waals surface area contributed by atoms with Gasteiger partial charge in [0.15, 0.2) is 0 Å². The predicted molar refractivity (Wildman–Crippen MR) is 62.8 cm³/mol. The van der Waals surface area contributed by atoms with Gasteiger partial charge in [-0.05, 0) is 20.3 Å². The van der Waals surface area contributed by atoms with Crippen molar-refractivity contribution in [3.05, 3.63) is 23.5 Å². The molecular formula is C12H15F4N3. The van der Waals surface area contributed by atoms with E-state index in [1.165, 1.54) is 0 Å². The van der Waals surface area contributed by atoms with Gasteiger partial charge < -0.3 is 5.32 Å². The third-order valence-corrected chi connectivity index (χ3v) is 3.30. The van der Waals surface area contributed by atoms with Gasteiger partial charge in [0, 0.05) is 25.2 Å². The molecule has 1 aromatic rings. The van der Waals surface area contributed by atoms with Crippen LogP contribution in [-0.4, -0.2) is 35.1 Å². The van der Waals surface area contributed by atoms with Crippen molar-refractivity contribution in [2.75, 3.05) is 18.4 Å². The summed E-state index contributed by atoms with van der Waals surface area (Å²) < 4.78 is 52.8. The molecule has 1 N–H and O–H groups in total. The topological polar surface area (TPSA) is 28.2 Å². The molecule has 0 aliphatic carbocycles. The van der Waals surface area contributed by atoms with Crippen LogP contribution in [0.2, 0.25) is 0 Å². The van der Waals surface area contributed by atoms with Gasteiger partial charge in [-0.1, -0.05) is 0 Å². The highest BCUT2D eigenvalue weighted by molar-refractivity contribution is 5.46. The summed E-state index contributed by atoms with van der Waals surface area (Å²) in [7, 11) is 0. The van der Waals surface area contributed by atoms with E-state index < -0.39 is 29.2 Å². The molecule has 2 heterocycles. The molecule has 3 nitrogen and oxygen atoms in total. The molecule has 7 heteroatoms. The van der Waals surface area contributed by atoms with Gasteiger partial charge in [0.1, 0.15) is 5.69 Å². The largest absolute Gasteiger partial charge is 0.376 e. The first-order valence-corrected chi connectivity index (χ1v) is 6.10. The van der Waals surface area contributed by atoms with E-state index in [2.05, 4.69) is 15.2 Å². The van der Waals surface area contributed by atoms with Gasteiger partial charge in [-0.15, -0.1) is 0 Å². The van der Waals surface area contributed by atoms with Crippen molar-refractivity contribution in [1.29, 1.82) is 0 Å². The Morgan fingerprint density at radius 3 is 2.21 bits per heavy atom. The van der Waals surface area contributed by atoms with Crippen LogP contribution in [0.1, 0.15) is 20.3 Å². The molecule has 0 amide bonds. The Balaban J connectivity index is 2.16. The van der Waals surface area contributed by atoms with Crippen molar-refractivity contribution in [3.63, 3.8) is 0 Å². The average Bonchev–Trinajstić information content (AvgIpc) is 2.81. The lowest BCUT2D eigenvalue weighted by molar-refractivity contribution is 0.274. The zero-order valence-electron chi connectivity index (χ0n) is 10.7. The smallest absolute Gasteiger partial charge is 0.253 e. The molecular weight excluding hydrogens is 262 g/mol. The molecule has 1 fully saturated rings. The zero-order valence-corrected chi connectivity index (χ0v) is 10.7. The molecule has 0 radical (unpaired) electrons. The number of rotatable bonds is 3. The normalized spacial score (nSPS) is 20.3. The first-order valence-electron chi connectivity index (χ1n) is 6.10. The lowest BCUT2D eigenvalue weighted by Gasteiger charge is -2.21. The van der Waals surface area contributed by atoms with E-state index in [0.29, 0.717) is 19.0 Å². The molecule has 1 atom stereocenters. The maximum atomic E-state index is 13.4. The molecule has 1 unspecified atom stereocenters. The SMILES string of the molecule is CC(C)N1CCC(Nc2c(F)c(F)nc(F)c2F)C1. The van der Waals surface area contributed by atoms with Gasteiger partial charge in [0.05, 0.1) is 0 Å². The summed E-state index contributed by atoms with van der Waals surface area (Å²) in [5.41, 5.74) is -0.777. The van der Waals surface area contributed by atoms with Crippen LogP contribution in [0, 0.1) is 23.5 Å². The van der Waals surface area contributed by atoms with Gasteiger partial charge in [-0.3, -0.25) is 4.90 Å². The molecule has 1 aliphatic rings. The van der Waals surface area contributed by atoms with Crippen molar-refractivity contribution in [1.82, 2.24) is 9.88 Å². The number of halogens is 4. The molecule has 0 spiro atoms. The van der Waals surface area contributed by atoms with Gasteiger partial charge in [0.25, 0.3) is 11.9 Å². The first kappa shape index (κ1) is 14.0. The number of hydrogen-bond acceptors (Lipinski definition) is 3. The van der Waals surface area contributed by atoms with Gasteiger partial charge in [0.2, 0.25) is 11.6 Å². The maximum Gasteiger partial charge on any atom is 0.253 e. The first-order chi connectivity index (χ1) is 8.90. The standard InChI is InChI=1S/C12H15F4N3/c1-6(2)19-4-3-7(5-19)17-10-8(13)11(15)18-12(16)9(10)14/h6-7H,3-5H2,1-2H3,(H,17,18). The summed E-state index contributed by atoms with van der Waals surface area (Å²) in [5, 5.41) is 2.53. The third-order valence-electron chi connectivity index (χ3n) is 3.30. The molecule has 19 heavy (non-hydrogen) atoms. The second-order valence-electron chi connectivity index (χ2n) is 4.92. The van der Waals surface area contributed by atoms with Crippen LogP contribution in [0.4, 0.5) is 23.2 Å². The fourth-order valence-electron chi connectivity index (χ4n) is 2.19. The Bertz CT molecular complexity index is 452. The minimum atomic E-state index is -1.64. The van der Waals surface area contributed by atoms with Gasteiger partial charge in [-0.2, -0.15) is 22.5 Å². The van der Waals surface area contributed by atoms with Crippen molar-refractivity contribution in [3.8, 4) is 0 Å². The fraction of sp³-hybridized carbons (Fsp3) is 0.583. The molecule has 1 aromatic heterocycles. The lowest BCUT2D eigenvalue weighted by Crippen LogP contribution is -2.31. The van der Waals surface area contributed by atoms with Gasteiger partial charge in [-0.25, -0.2) is 0 Å². The molecule has 0 saturated carbocycles. The molecule has 2 rings (SSSR count).